The third-order valence-corrected chi connectivity index (χ3v) is 9.45. The van der Waals surface area contributed by atoms with Crippen molar-refractivity contribution in [3.63, 3.8) is 0 Å². The average molecular weight is 688 g/mol. The second-order valence-corrected chi connectivity index (χ2v) is 13.7. The summed E-state index contributed by atoms with van der Waals surface area (Å²) in [6.45, 7) is 12.9. The molecule has 0 spiro atoms. The number of carbonyl (C=O) groups excluding carboxylic acids is 1. The Kier molecular flexibility index (Phi) is 16.5. The first-order valence-electron chi connectivity index (χ1n) is 18.0. The van der Waals surface area contributed by atoms with Gasteiger partial charge in [0, 0.05) is 32.6 Å². The SMILES string of the molecule is C=CCOC(=O)NC[C@H](C)C[C@H](C)C1(OC)C[C@@H](OCc2ccccc2)[C@@H]([C@@H](C[C@H](C)CCOCc2ccccc2)OCc2ccccc2)O1. The fourth-order valence-electron chi connectivity index (χ4n) is 6.59. The van der Waals surface area contributed by atoms with E-state index in [2.05, 4.69) is 69.1 Å². The Bertz CT molecular complexity index is 1370. The zero-order valence-corrected chi connectivity index (χ0v) is 30.3. The molecule has 272 valence electrons. The van der Waals surface area contributed by atoms with Gasteiger partial charge in [0.15, 0.2) is 5.79 Å². The number of amides is 1. The lowest BCUT2D eigenvalue weighted by atomic mass is 9.87. The van der Waals surface area contributed by atoms with Crippen LogP contribution in [0.1, 0.15) is 63.1 Å². The van der Waals surface area contributed by atoms with Gasteiger partial charge >= 0.3 is 6.09 Å². The molecule has 0 aromatic heterocycles. The van der Waals surface area contributed by atoms with Crippen LogP contribution in [-0.2, 0) is 48.2 Å². The number of methoxy groups -OCH3 is 1. The molecule has 4 rings (SSSR count). The lowest BCUT2D eigenvalue weighted by molar-refractivity contribution is -0.258. The van der Waals surface area contributed by atoms with Gasteiger partial charge in [0.05, 0.1) is 32.0 Å². The summed E-state index contributed by atoms with van der Waals surface area (Å²) in [5.74, 6) is -0.424. The van der Waals surface area contributed by atoms with Crippen molar-refractivity contribution >= 4 is 6.09 Å². The normalized spacial score (nSPS) is 21.2. The van der Waals surface area contributed by atoms with Gasteiger partial charge in [0.1, 0.15) is 12.7 Å². The zero-order chi connectivity index (χ0) is 35.6. The Hall–Kier alpha value is -3.53. The topological polar surface area (TPSA) is 84.5 Å². The predicted octanol–water partition coefficient (Wildman–Crippen LogP) is 8.50. The Morgan fingerprint density at radius 3 is 2.08 bits per heavy atom. The minimum absolute atomic E-state index is 0.0000887. The van der Waals surface area contributed by atoms with Crippen LogP contribution >= 0.6 is 0 Å². The smallest absolute Gasteiger partial charge is 0.407 e. The van der Waals surface area contributed by atoms with Gasteiger partial charge in [0.25, 0.3) is 0 Å². The number of hydrogen-bond donors (Lipinski definition) is 1. The molecule has 1 unspecified atom stereocenters. The number of alkyl carbamates (subject to hydrolysis) is 1. The predicted molar refractivity (Wildman–Crippen MR) is 196 cm³/mol. The molecule has 50 heavy (non-hydrogen) atoms. The Morgan fingerprint density at radius 1 is 0.880 bits per heavy atom. The third kappa shape index (κ3) is 12.7. The van der Waals surface area contributed by atoms with E-state index in [0.29, 0.717) is 45.3 Å². The van der Waals surface area contributed by atoms with Crippen molar-refractivity contribution in [1.29, 1.82) is 0 Å². The van der Waals surface area contributed by atoms with Crippen LogP contribution in [0, 0.1) is 17.8 Å². The molecular formula is C42H57NO7. The maximum absolute atomic E-state index is 12.0. The van der Waals surface area contributed by atoms with Gasteiger partial charge in [0.2, 0.25) is 0 Å². The summed E-state index contributed by atoms with van der Waals surface area (Å²) in [6.07, 6.45) is 3.22. The number of ether oxygens (including phenoxy) is 6. The number of hydrogen-bond acceptors (Lipinski definition) is 7. The van der Waals surface area contributed by atoms with E-state index in [-0.39, 0.29) is 36.8 Å². The van der Waals surface area contributed by atoms with Crippen LogP contribution in [0.25, 0.3) is 0 Å². The van der Waals surface area contributed by atoms with E-state index in [1.807, 2.05) is 54.6 Å². The summed E-state index contributed by atoms with van der Waals surface area (Å²) in [4.78, 5) is 12.0. The lowest BCUT2D eigenvalue weighted by Crippen LogP contribution is -2.43. The van der Waals surface area contributed by atoms with E-state index in [1.54, 1.807) is 13.2 Å². The Morgan fingerprint density at radius 2 is 1.48 bits per heavy atom. The highest BCUT2D eigenvalue weighted by Crippen LogP contribution is 2.44. The van der Waals surface area contributed by atoms with Gasteiger partial charge < -0.3 is 33.7 Å². The largest absolute Gasteiger partial charge is 0.445 e. The first-order valence-corrected chi connectivity index (χ1v) is 18.0. The van der Waals surface area contributed by atoms with Crippen molar-refractivity contribution in [3.05, 3.63) is 120 Å². The van der Waals surface area contributed by atoms with E-state index >= 15 is 0 Å². The van der Waals surface area contributed by atoms with Gasteiger partial charge in [-0.1, -0.05) is 124 Å². The first kappa shape index (κ1) is 39.3. The Labute approximate surface area is 299 Å². The van der Waals surface area contributed by atoms with E-state index < -0.39 is 11.9 Å². The van der Waals surface area contributed by atoms with Crippen LogP contribution in [0.15, 0.2) is 104 Å². The average Bonchev–Trinajstić information content (AvgIpc) is 3.54. The van der Waals surface area contributed by atoms with E-state index in [4.69, 9.17) is 28.4 Å². The number of benzene rings is 3. The summed E-state index contributed by atoms with van der Waals surface area (Å²) in [7, 11) is 1.72. The second kappa shape index (κ2) is 21.0. The molecular weight excluding hydrogens is 630 g/mol. The summed E-state index contributed by atoms with van der Waals surface area (Å²) >= 11 is 0. The highest BCUT2D eigenvalue weighted by atomic mass is 16.7. The molecule has 7 atom stereocenters. The van der Waals surface area contributed by atoms with Crippen molar-refractivity contribution in [3.8, 4) is 0 Å². The van der Waals surface area contributed by atoms with Gasteiger partial charge in [-0.25, -0.2) is 4.79 Å². The molecule has 1 heterocycles. The standard InChI is InChI=1S/C42H57NO7/c1-6-23-47-41(44)43-28-33(3)25-34(4)42(45-5)27-39(49-31-37-20-14-9-15-21-37)40(50-42)38(48-30-36-18-12-8-13-19-36)26-32(2)22-24-46-29-35-16-10-7-11-17-35/h6-21,32-34,38-40H,1,22-31H2,2-5H3,(H,43,44)/t32-,33-,34+,38-,39-,40-,42?/m1/s1. The second-order valence-electron chi connectivity index (χ2n) is 13.7. The molecule has 0 bridgehead atoms. The van der Waals surface area contributed by atoms with Crippen molar-refractivity contribution in [2.24, 2.45) is 17.8 Å². The van der Waals surface area contributed by atoms with Gasteiger partial charge in [-0.3, -0.25) is 0 Å². The molecule has 0 radical (unpaired) electrons. The quantitative estimate of drug-likeness (QED) is 0.0838. The Balaban J connectivity index is 1.49. The summed E-state index contributed by atoms with van der Waals surface area (Å²) in [5, 5.41) is 2.86. The first-order chi connectivity index (χ1) is 24.3. The van der Waals surface area contributed by atoms with Gasteiger partial charge in [-0.2, -0.15) is 0 Å². The molecule has 3 aromatic rings. The van der Waals surface area contributed by atoms with E-state index in [9.17, 15) is 4.79 Å². The zero-order valence-electron chi connectivity index (χ0n) is 30.3. The molecule has 1 aliphatic heterocycles. The van der Waals surface area contributed by atoms with E-state index in [0.717, 1.165) is 30.4 Å². The van der Waals surface area contributed by atoms with Crippen molar-refractivity contribution in [1.82, 2.24) is 5.32 Å². The molecule has 1 N–H and O–H groups in total. The molecule has 8 heteroatoms. The fourth-order valence-corrected chi connectivity index (χ4v) is 6.59. The lowest BCUT2D eigenvalue weighted by Gasteiger charge is -2.36. The minimum Gasteiger partial charge on any atom is -0.445 e. The number of nitrogens with one attached hydrogen (secondary N) is 1. The van der Waals surface area contributed by atoms with Gasteiger partial charge in [-0.15, -0.1) is 0 Å². The van der Waals surface area contributed by atoms with Crippen LogP contribution in [-0.4, -0.2) is 57.1 Å². The molecule has 1 aliphatic rings. The van der Waals surface area contributed by atoms with Crippen LogP contribution in [0.5, 0.6) is 0 Å². The summed E-state index contributed by atoms with van der Waals surface area (Å²) < 4.78 is 37.9. The molecule has 1 amide bonds. The van der Waals surface area contributed by atoms with Crippen LogP contribution < -0.4 is 5.32 Å². The number of rotatable bonds is 22. The molecule has 0 saturated carbocycles. The van der Waals surface area contributed by atoms with Crippen LogP contribution in [0.3, 0.4) is 0 Å². The highest BCUT2D eigenvalue weighted by Gasteiger charge is 2.53. The molecule has 1 saturated heterocycles. The van der Waals surface area contributed by atoms with Crippen LogP contribution in [0.2, 0.25) is 0 Å². The molecule has 8 nitrogen and oxygen atoms in total. The highest BCUT2D eigenvalue weighted by molar-refractivity contribution is 5.67. The minimum atomic E-state index is -0.889. The van der Waals surface area contributed by atoms with Gasteiger partial charge in [-0.05, 0) is 47.8 Å². The fraction of sp³-hybridized carbons (Fsp3) is 0.500. The number of carbonyl (C=O) groups is 1. The maximum atomic E-state index is 12.0. The van der Waals surface area contributed by atoms with Crippen molar-refractivity contribution in [2.75, 3.05) is 26.9 Å². The van der Waals surface area contributed by atoms with Crippen molar-refractivity contribution in [2.45, 2.75) is 90.4 Å². The van der Waals surface area contributed by atoms with E-state index in [1.165, 1.54) is 5.56 Å². The summed E-state index contributed by atoms with van der Waals surface area (Å²) in [6, 6.07) is 30.7. The summed E-state index contributed by atoms with van der Waals surface area (Å²) in [5.41, 5.74) is 3.38. The molecule has 0 aliphatic carbocycles. The maximum Gasteiger partial charge on any atom is 0.407 e. The molecule has 1 fully saturated rings. The van der Waals surface area contributed by atoms with Crippen LogP contribution in [0.4, 0.5) is 4.79 Å². The van der Waals surface area contributed by atoms with Crippen molar-refractivity contribution < 1.29 is 33.2 Å². The molecule has 3 aromatic carbocycles. The monoisotopic (exact) mass is 687 g/mol. The third-order valence-electron chi connectivity index (χ3n) is 9.45.